The summed E-state index contributed by atoms with van der Waals surface area (Å²) >= 11 is 0. The molecule has 5 nitrogen and oxygen atoms in total. The molecule has 0 bridgehead atoms. The maximum absolute atomic E-state index is 14.1. The molecule has 31 heavy (non-hydrogen) atoms. The first kappa shape index (κ1) is 20.4. The van der Waals surface area contributed by atoms with Gasteiger partial charge in [-0.1, -0.05) is 24.3 Å². The second-order valence-electron chi connectivity index (χ2n) is 6.53. The first-order chi connectivity index (χ1) is 14.9. The van der Waals surface area contributed by atoms with Gasteiger partial charge in [0.05, 0.1) is 7.11 Å². The van der Waals surface area contributed by atoms with Crippen molar-refractivity contribution in [2.75, 3.05) is 7.11 Å². The highest BCUT2D eigenvalue weighted by atomic mass is 19.2. The fourth-order valence-electron chi connectivity index (χ4n) is 3.02. The van der Waals surface area contributed by atoms with Gasteiger partial charge in [0.25, 0.3) is 5.91 Å². The van der Waals surface area contributed by atoms with E-state index in [-0.39, 0.29) is 6.54 Å². The Morgan fingerprint density at radius 2 is 1.61 bits per heavy atom. The van der Waals surface area contributed by atoms with E-state index in [1.807, 2.05) is 18.2 Å². The first-order valence-corrected chi connectivity index (χ1v) is 9.03. The molecule has 0 saturated heterocycles. The number of amides is 1. The van der Waals surface area contributed by atoms with E-state index in [0.29, 0.717) is 28.1 Å². The van der Waals surface area contributed by atoms with Gasteiger partial charge in [-0.3, -0.25) is 4.79 Å². The van der Waals surface area contributed by atoms with Gasteiger partial charge in [0.15, 0.2) is 23.0 Å². The number of halogens is 4. The summed E-state index contributed by atoms with van der Waals surface area (Å²) in [6.45, 7) is -0.138. The number of ether oxygens (including phenoxy) is 1. The lowest BCUT2D eigenvalue weighted by atomic mass is 10.1. The Kier molecular flexibility index (Phi) is 5.33. The topological polar surface area (TPSA) is 64.4 Å². The molecule has 0 fully saturated rings. The Balaban J connectivity index is 1.50. The molecule has 4 rings (SSSR count). The van der Waals surface area contributed by atoms with Gasteiger partial charge in [-0.05, 0) is 29.8 Å². The van der Waals surface area contributed by atoms with Gasteiger partial charge in [0, 0.05) is 12.1 Å². The highest BCUT2D eigenvalue weighted by molar-refractivity contribution is 5.95. The van der Waals surface area contributed by atoms with Crippen molar-refractivity contribution in [1.82, 2.24) is 10.3 Å². The van der Waals surface area contributed by atoms with Crippen LogP contribution in [0.25, 0.3) is 22.6 Å². The monoisotopic (exact) mass is 430 g/mol. The summed E-state index contributed by atoms with van der Waals surface area (Å²) in [5.74, 6) is -9.37. The van der Waals surface area contributed by atoms with Crippen LogP contribution in [0, 0.1) is 23.3 Å². The summed E-state index contributed by atoms with van der Waals surface area (Å²) in [5, 5.41) is 2.24. The number of nitrogens with one attached hydrogen (secondary N) is 1. The van der Waals surface area contributed by atoms with Gasteiger partial charge < -0.3 is 14.5 Å². The van der Waals surface area contributed by atoms with E-state index in [9.17, 15) is 22.4 Å². The summed E-state index contributed by atoms with van der Waals surface area (Å²) in [4.78, 5) is 16.5. The number of carbonyl (C=O) groups is 1. The number of nitrogens with zero attached hydrogens (tertiary/aromatic N) is 1. The van der Waals surface area contributed by atoms with E-state index in [1.54, 1.807) is 30.3 Å². The maximum atomic E-state index is 14.1. The quantitative estimate of drug-likeness (QED) is 0.358. The van der Waals surface area contributed by atoms with Crippen molar-refractivity contribution in [3.8, 4) is 17.2 Å². The SMILES string of the molecule is COc1c(F)c(F)c(C(=O)NCc2ccc(-c3nc4ccccc4o3)cc2)c(F)c1F. The third-order valence-corrected chi connectivity index (χ3v) is 4.60. The number of rotatable bonds is 5. The lowest BCUT2D eigenvalue weighted by molar-refractivity contribution is 0.0939. The number of methoxy groups -OCH3 is 1. The molecule has 9 heteroatoms. The van der Waals surface area contributed by atoms with Crippen LogP contribution in [0.15, 0.2) is 52.9 Å². The van der Waals surface area contributed by atoms with Gasteiger partial charge in [-0.15, -0.1) is 0 Å². The lowest BCUT2D eigenvalue weighted by Crippen LogP contribution is -2.26. The number of fused-ring (bicyclic) bond motifs is 1. The number of carbonyl (C=O) groups excluding carboxylic acids is 1. The molecule has 0 aliphatic carbocycles. The van der Waals surface area contributed by atoms with E-state index in [0.717, 1.165) is 7.11 Å². The van der Waals surface area contributed by atoms with Crippen LogP contribution >= 0.6 is 0 Å². The van der Waals surface area contributed by atoms with Crippen molar-refractivity contribution in [1.29, 1.82) is 0 Å². The van der Waals surface area contributed by atoms with Crippen LogP contribution in [0.5, 0.6) is 5.75 Å². The molecule has 158 valence electrons. The van der Waals surface area contributed by atoms with Crippen molar-refractivity contribution < 1.29 is 31.5 Å². The summed E-state index contributed by atoms with van der Waals surface area (Å²) in [5.41, 5.74) is 1.23. The van der Waals surface area contributed by atoms with E-state index in [4.69, 9.17) is 4.42 Å². The van der Waals surface area contributed by atoms with Crippen LogP contribution in [-0.4, -0.2) is 18.0 Å². The second kappa shape index (κ2) is 8.10. The molecule has 0 unspecified atom stereocenters. The van der Waals surface area contributed by atoms with Crippen LogP contribution in [-0.2, 0) is 6.54 Å². The first-order valence-electron chi connectivity index (χ1n) is 9.03. The van der Waals surface area contributed by atoms with E-state index in [1.165, 1.54) is 0 Å². The van der Waals surface area contributed by atoms with Crippen LogP contribution in [0.3, 0.4) is 0 Å². The van der Waals surface area contributed by atoms with Crippen molar-refractivity contribution in [2.45, 2.75) is 6.54 Å². The summed E-state index contributed by atoms with van der Waals surface area (Å²) in [7, 11) is 0.852. The third-order valence-electron chi connectivity index (χ3n) is 4.60. The smallest absolute Gasteiger partial charge is 0.257 e. The van der Waals surface area contributed by atoms with Gasteiger partial charge >= 0.3 is 0 Å². The molecule has 0 saturated carbocycles. The molecule has 1 heterocycles. The average molecular weight is 430 g/mol. The Morgan fingerprint density at radius 1 is 0.968 bits per heavy atom. The van der Waals surface area contributed by atoms with Crippen LogP contribution in [0.2, 0.25) is 0 Å². The maximum Gasteiger partial charge on any atom is 0.257 e. The number of benzene rings is 3. The molecule has 1 N–H and O–H groups in total. The van der Waals surface area contributed by atoms with Crippen molar-refractivity contribution in [3.05, 3.63) is 82.9 Å². The van der Waals surface area contributed by atoms with Crippen LogP contribution in [0.1, 0.15) is 15.9 Å². The number of aromatic nitrogens is 1. The summed E-state index contributed by atoms with van der Waals surface area (Å²) < 4.78 is 65.7. The number of oxazole rings is 1. The molecule has 0 spiro atoms. The molecule has 0 radical (unpaired) electrons. The largest absolute Gasteiger partial charge is 0.491 e. The zero-order chi connectivity index (χ0) is 22.1. The number of hydrogen-bond donors (Lipinski definition) is 1. The molecular weight excluding hydrogens is 416 g/mol. The fourth-order valence-corrected chi connectivity index (χ4v) is 3.02. The van der Waals surface area contributed by atoms with Crippen LogP contribution < -0.4 is 10.1 Å². The summed E-state index contributed by atoms with van der Waals surface area (Å²) in [6, 6.07) is 14.0. The minimum atomic E-state index is -1.83. The molecule has 0 atom stereocenters. The van der Waals surface area contributed by atoms with E-state index in [2.05, 4.69) is 15.0 Å². The Bertz CT molecular complexity index is 1220. The van der Waals surface area contributed by atoms with Gasteiger partial charge in [-0.2, -0.15) is 8.78 Å². The van der Waals surface area contributed by atoms with E-state index < -0.39 is 40.5 Å². The third kappa shape index (κ3) is 3.70. The van der Waals surface area contributed by atoms with Gasteiger partial charge in [-0.25, -0.2) is 13.8 Å². The highest BCUT2D eigenvalue weighted by Crippen LogP contribution is 2.30. The van der Waals surface area contributed by atoms with Gasteiger partial charge in [0.1, 0.15) is 11.1 Å². The Hall–Kier alpha value is -3.88. The van der Waals surface area contributed by atoms with Crippen molar-refractivity contribution >= 4 is 17.0 Å². The highest BCUT2D eigenvalue weighted by Gasteiger charge is 2.30. The molecule has 4 aromatic rings. The number of hydrogen-bond acceptors (Lipinski definition) is 4. The Morgan fingerprint density at radius 3 is 2.23 bits per heavy atom. The normalized spacial score (nSPS) is 11.0. The zero-order valence-electron chi connectivity index (χ0n) is 16.0. The molecule has 0 aliphatic rings. The minimum Gasteiger partial charge on any atom is -0.491 e. The fraction of sp³-hybridized carbons (Fsp3) is 0.0909. The molecular formula is C22H14F4N2O3. The van der Waals surface area contributed by atoms with Crippen LogP contribution in [0.4, 0.5) is 17.6 Å². The molecule has 1 aromatic heterocycles. The number of para-hydroxylation sites is 2. The molecule has 3 aromatic carbocycles. The second-order valence-corrected chi connectivity index (χ2v) is 6.53. The standard InChI is InChI=1S/C22H14F4N2O3/c1-30-20-18(25)16(23)15(17(24)19(20)26)21(29)27-10-11-6-8-12(9-7-11)22-28-13-4-2-3-5-14(13)31-22/h2-9H,10H2,1H3,(H,27,29). The lowest BCUT2D eigenvalue weighted by Gasteiger charge is -2.11. The van der Waals surface area contributed by atoms with Gasteiger partial charge in [0.2, 0.25) is 17.5 Å². The zero-order valence-corrected chi connectivity index (χ0v) is 16.0. The minimum absolute atomic E-state index is 0.138. The predicted octanol–water partition coefficient (Wildman–Crippen LogP) is 4.99. The van der Waals surface area contributed by atoms with Crippen molar-refractivity contribution in [3.63, 3.8) is 0 Å². The van der Waals surface area contributed by atoms with E-state index >= 15 is 0 Å². The van der Waals surface area contributed by atoms with Crippen molar-refractivity contribution in [2.24, 2.45) is 0 Å². The predicted molar refractivity (Wildman–Crippen MR) is 103 cm³/mol. The molecule has 1 amide bonds. The molecule has 0 aliphatic heterocycles. The Labute approximate surface area is 173 Å². The summed E-state index contributed by atoms with van der Waals surface area (Å²) in [6.07, 6.45) is 0. The average Bonchev–Trinajstić information content (AvgIpc) is 3.21.